The van der Waals surface area contributed by atoms with E-state index >= 15 is 0 Å². The van der Waals surface area contributed by atoms with Crippen LogP contribution in [0.25, 0.3) is 0 Å². The minimum Gasteiger partial charge on any atom is -0.652 e. The first-order valence-corrected chi connectivity index (χ1v) is 54.5. The van der Waals surface area contributed by atoms with Gasteiger partial charge in [-0.05, 0) is 44.7 Å². The smallest absolute Gasteiger partial charge is 0.652 e. The third-order valence-electron chi connectivity index (χ3n) is 24.0. The van der Waals surface area contributed by atoms with Gasteiger partial charge in [0.05, 0.1) is 0 Å². The summed E-state index contributed by atoms with van der Waals surface area (Å²) >= 11 is 0. The van der Waals surface area contributed by atoms with E-state index in [0.717, 1.165) is 77.0 Å². The molecule has 0 atom stereocenters. The van der Waals surface area contributed by atoms with E-state index in [2.05, 4.69) is 41.5 Å². The van der Waals surface area contributed by atoms with Gasteiger partial charge in [0.15, 0.2) is 0 Å². The first-order valence-electron chi connectivity index (χ1n) is 54.5. The predicted molar refractivity (Wildman–Crippen MR) is 528 cm³/mol. The van der Waals surface area contributed by atoms with Crippen LogP contribution in [0.4, 0.5) is 4.79 Å². The zero-order valence-corrected chi connectivity index (χ0v) is 89.7. The van der Waals surface area contributed by atoms with Crippen molar-refractivity contribution in [2.45, 2.75) is 658 Å². The number of unbranched alkanes of at least 4 members (excludes halogenated alkanes) is 84. The molecule has 0 fully saturated rings. The molecule has 0 rings (SSSR count). The summed E-state index contributed by atoms with van der Waals surface area (Å²) in [7, 11) is 0. The van der Waals surface area contributed by atoms with Crippen molar-refractivity contribution >= 4 is 42.0 Å². The van der Waals surface area contributed by atoms with E-state index in [1.54, 1.807) is 0 Å². The van der Waals surface area contributed by atoms with E-state index in [9.17, 15) is 28.8 Å². The fraction of sp³-hybridized carbons (Fsp3) is 0.936. The number of hydrogen-bond acceptors (Lipinski definition) is 9. The molecule has 0 heterocycles. The summed E-state index contributed by atoms with van der Waals surface area (Å²) in [5.41, 5.74) is 0. The van der Waals surface area contributed by atoms with E-state index in [-0.39, 0.29) is 59.1 Å². The maximum atomic E-state index is 10.3. The zero-order chi connectivity index (χ0) is 92.9. The minimum atomic E-state index is -2.33. The maximum Gasteiger partial charge on any atom is 1.00 e. The number of carboxylic acids is 6. The molecule has 0 radical (unpaired) electrons. The number of carbonyl (C=O) groups excluding carboxylic acids is 1. The minimum absolute atomic E-state index is 0. The quantitative estimate of drug-likeness (QED) is 0.0244. The molecule has 0 bridgehead atoms. The van der Waals surface area contributed by atoms with Crippen LogP contribution in [-0.4, -0.2) is 72.6 Å². The van der Waals surface area contributed by atoms with Gasteiger partial charge in [-0.2, -0.15) is 0 Å². The Morgan fingerprint density at radius 1 is 0.127 bits per heavy atom. The Kier molecular flexibility index (Phi) is 156. The Hall–Kier alpha value is -1.91. The largest absolute Gasteiger partial charge is 1.00 e. The van der Waals surface area contributed by atoms with Gasteiger partial charge >= 0.3 is 94.9 Å². The van der Waals surface area contributed by atoms with Gasteiger partial charge in [0.25, 0.3) is 0 Å². The van der Waals surface area contributed by atoms with Crippen molar-refractivity contribution in [2.24, 2.45) is 0 Å². The summed E-state index contributed by atoms with van der Waals surface area (Å²) in [6.07, 6.45) is 119. The van der Waals surface area contributed by atoms with Gasteiger partial charge in [0, 0.05) is 38.5 Å². The van der Waals surface area contributed by atoms with E-state index < -0.39 is 42.0 Å². The van der Waals surface area contributed by atoms with Gasteiger partial charge in [-0.1, -0.05) is 581 Å². The molecule has 6 N–H and O–H groups in total. The summed E-state index contributed by atoms with van der Waals surface area (Å²) in [4.78, 5) is 70.3. The van der Waals surface area contributed by atoms with Crippen molar-refractivity contribution < 1.29 is 134 Å². The average molecular weight is 1810 g/mol. The summed E-state index contributed by atoms with van der Waals surface area (Å²) in [5, 5.41) is 67.8. The molecule has 0 aliphatic rings. The third kappa shape index (κ3) is 179. The molecule has 0 saturated carbocycles. The summed E-state index contributed by atoms with van der Waals surface area (Å²) < 4.78 is 0. The van der Waals surface area contributed by atoms with Crippen molar-refractivity contribution in [1.82, 2.24) is 0 Å². The molecule has 0 aromatic carbocycles. The van der Waals surface area contributed by atoms with E-state index in [4.69, 9.17) is 45.6 Å². The number of rotatable bonds is 96. The Morgan fingerprint density at radius 3 is 0.222 bits per heavy atom. The van der Waals surface area contributed by atoms with E-state index in [0.29, 0.717) is 38.5 Å². The monoisotopic (exact) mass is 1810 g/mol. The standard InChI is InChI=1S/6C18H36O2.CH2O3.2Na/c6*1-2-3-4-5-6-7-8-9-10-11-12-13-14-15-16-17-18(19)20;2-1(3)4;;/h6*2-17H2,1H3,(H,19,20);(H2,2,3,4);;/q;;;;;;;2*+1/p-2. The van der Waals surface area contributed by atoms with Gasteiger partial charge < -0.3 is 45.6 Å². The van der Waals surface area contributed by atoms with Crippen LogP contribution < -0.4 is 69.3 Å². The van der Waals surface area contributed by atoms with Gasteiger partial charge in [0.1, 0.15) is 0 Å². The molecule has 17 heteroatoms. The molecule has 0 spiro atoms. The average Bonchev–Trinajstić information content (AvgIpc) is 1.13. The van der Waals surface area contributed by atoms with Crippen LogP contribution in [0, 0.1) is 0 Å². The van der Waals surface area contributed by atoms with Crippen LogP contribution >= 0.6 is 0 Å². The molecular formula is C109H216Na2O15. The SMILES string of the molecule is CCCCCCCCCCCCCCCCCC(=O)O.CCCCCCCCCCCCCCCCCC(=O)O.CCCCCCCCCCCCCCCCCC(=O)O.CCCCCCCCCCCCCCCCCC(=O)O.CCCCCCCCCCCCCCCCCC(=O)O.CCCCCCCCCCCCCCCCCC(=O)O.O=C([O-])[O-].[Na+].[Na+]. The van der Waals surface area contributed by atoms with Crippen LogP contribution in [0.2, 0.25) is 0 Å². The van der Waals surface area contributed by atoms with Crippen molar-refractivity contribution in [3.8, 4) is 0 Å². The molecule has 744 valence electrons. The van der Waals surface area contributed by atoms with Crippen molar-refractivity contribution in [3.63, 3.8) is 0 Å². The Bertz CT molecular complexity index is 1670. The number of carboxylic acid groups (broad SMARTS) is 8. The number of aliphatic carboxylic acids is 6. The summed E-state index contributed by atoms with van der Waals surface area (Å²) in [5.74, 6) is -3.92. The second-order valence-corrected chi connectivity index (χ2v) is 36.8. The van der Waals surface area contributed by atoms with Crippen molar-refractivity contribution in [3.05, 3.63) is 0 Å². The number of hydrogen-bond donors (Lipinski definition) is 6. The fourth-order valence-corrected chi connectivity index (χ4v) is 15.9. The van der Waals surface area contributed by atoms with Crippen molar-refractivity contribution in [1.29, 1.82) is 0 Å². The molecule has 15 nitrogen and oxygen atoms in total. The maximum absolute atomic E-state index is 10.3. The van der Waals surface area contributed by atoms with Gasteiger partial charge in [-0.15, -0.1) is 0 Å². The Balaban J connectivity index is -0.000000184. The van der Waals surface area contributed by atoms with Gasteiger partial charge in [0.2, 0.25) is 0 Å². The van der Waals surface area contributed by atoms with E-state index in [1.165, 1.54) is 501 Å². The van der Waals surface area contributed by atoms with Crippen LogP contribution in [-0.2, 0) is 28.8 Å². The molecule has 0 unspecified atom stereocenters. The van der Waals surface area contributed by atoms with Gasteiger partial charge in [-0.25, -0.2) is 0 Å². The summed E-state index contributed by atoms with van der Waals surface area (Å²) in [6, 6.07) is 0. The second kappa shape index (κ2) is 139. The number of carbonyl (C=O) groups is 7. The topological polar surface area (TPSA) is 287 Å². The van der Waals surface area contributed by atoms with Crippen molar-refractivity contribution in [2.75, 3.05) is 0 Å². The predicted octanol–water partition coefficient (Wildman–Crippen LogP) is 29.6. The first kappa shape index (κ1) is 142. The zero-order valence-electron chi connectivity index (χ0n) is 85.7. The molecule has 0 aliphatic carbocycles. The summed E-state index contributed by atoms with van der Waals surface area (Å²) in [6.45, 7) is 13.6. The molecule has 126 heavy (non-hydrogen) atoms. The van der Waals surface area contributed by atoms with Gasteiger partial charge in [-0.3, -0.25) is 28.8 Å². The Morgan fingerprint density at radius 2 is 0.175 bits per heavy atom. The molecule has 0 aromatic heterocycles. The molecule has 0 aromatic rings. The van der Waals surface area contributed by atoms with Crippen LogP contribution in [0.15, 0.2) is 0 Å². The van der Waals surface area contributed by atoms with Crippen LogP contribution in [0.1, 0.15) is 658 Å². The van der Waals surface area contributed by atoms with Crippen LogP contribution in [0.3, 0.4) is 0 Å². The molecule has 0 saturated heterocycles. The Labute approximate surface area is 826 Å². The second-order valence-electron chi connectivity index (χ2n) is 36.8. The normalized spacial score (nSPS) is 10.5. The third-order valence-corrected chi connectivity index (χ3v) is 24.0. The fourth-order valence-electron chi connectivity index (χ4n) is 15.9. The van der Waals surface area contributed by atoms with Crippen LogP contribution in [0.5, 0.6) is 0 Å². The molecule has 0 aliphatic heterocycles. The first-order chi connectivity index (χ1) is 60.4. The molecule has 0 amide bonds. The molecular weight excluding hydrogens is 1600 g/mol. The van der Waals surface area contributed by atoms with E-state index in [1.807, 2.05) is 0 Å².